The Hall–Kier alpha value is -2.41. The Labute approximate surface area is 124 Å². The number of thioether (sulfide) groups is 1. The summed E-state index contributed by atoms with van der Waals surface area (Å²) in [7, 11) is 1.80. The molecule has 0 aliphatic carbocycles. The maximum absolute atomic E-state index is 10.6. The molecule has 1 aromatic carbocycles. The number of carboxylic acid groups (broad SMARTS) is 1. The van der Waals surface area contributed by atoms with Gasteiger partial charge in [0, 0.05) is 12.4 Å². The number of carbonyl (C=O) groups is 1. The third-order valence-corrected chi connectivity index (χ3v) is 3.99. The van der Waals surface area contributed by atoms with Gasteiger partial charge in [0.25, 0.3) is 0 Å². The van der Waals surface area contributed by atoms with Crippen molar-refractivity contribution in [3.8, 4) is 11.5 Å². The minimum atomic E-state index is -0.881. The van der Waals surface area contributed by atoms with E-state index in [4.69, 9.17) is 5.11 Å². The molecule has 2 aromatic heterocycles. The van der Waals surface area contributed by atoms with Gasteiger partial charge >= 0.3 is 5.97 Å². The number of hydrogen-bond donors (Lipinski definition) is 1. The van der Waals surface area contributed by atoms with E-state index in [9.17, 15) is 4.79 Å². The predicted molar refractivity (Wildman–Crippen MR) is 80.1 cm³/mol. The normalized spacial score (nSPS) is 10.9. The summed E-state index contributed by atoms with van der Waals surface area (Å²) in [6.07, 6.45) is 0. The molecule has 0 bridgehead atoms. The van der Waals surface area contributed by atoms with Crippen molar-refractivity contribution in [3.63, 3.8) is 0 Å². The third-order valence-electron chi connectivity index (χ3n) is 2.99. The van der Waals surface area contributed by atoms with Crippen LogP contribution in [-0.4, -0.2) is 36.6 Å². The Morgan fingerprint density at radius 1 is 1.24 bits per heavy atom. The maximum Gasteiger partial charge on any atom is 0.313 e. The van der Waals surface area contributed by atoms with Crippen molar-refractivity contribution < 1.29 is 9.90 Å². The molecule has 106 valence electrons. The average molecular weight is 300 g/mol. The number of aromatic nitrogens is 4. The van der Waals surface area contributed by atoms with E-state index in [0.29, 0.717) is 16.7 Å². The predicted octanol–water partition coefficient (Wildman–Crippen LogP) is 2.21. The Balaban J connectivity index is 1.97. The zero-order valence-electron chi connectivity index (χ0n) is 11.2. The number of benzene rings is 1. The summed E-state index contributed by atoms with van der Waals surface area (Å²) >= 11 is 1.14. The highest BCUT2D eigenvalue weighted by Gasteiger charge is 2.13. The number of aliphatic carboxylic acids is 1. The fourth-order valence-electron chi connectivity index (χ4n) is 1.98. The van der Waals surface area contributed by atoms with Gasteiger partial charge in [0.15, 0.2) is 11.0 Å². The Kier molecular flexibility index (Phi) is 3.57. The number of carboxylic acids is 1. The molecule has 0 saturated heterocycles. The van der Waals surface area contributed by atoms with Crippen LogP contribution in [0.5, 0.6) is 0 Å². The van der Waals surface area contributed by atoms with Crippen molar-refractivity contribution in [2.45, 2.75) is 5.16 Å². The van der Waals surface area contributed by atoms with E-state index < -0.39 is 5.97 Å². The molecule has 0 radical (unpaired) electrons. The van der Waals surface area contributed by atoms with E-state index in [2.05, 4.69) is 15.2 Å². The van der Waals surface area contributed by atoms with Crippen molar-refractivity contribution in [3.05, 3.63) is 36.4 Å². The molecule has 21 heavy (non-hydrogen) atoms. The number of rotatable bonds is 4. The Bertz CT molecular complexity index is 816. The minimum Gasteiger partial charge on any atom is -0.481 e. The molecule has 0 amide bonds. The molecule has 0 aliphatic rings. The van der Waals surface area contributed by atoms with Crippen LogP contribution in [0.2, 0.25) is 0 Å². The third kappa shape index (κ3) is 2.73. The first-order valence-corrected chi connectivity index (χ1v) is 7.24. The molecule has 3 rings (SSSR count). The van der Waals surface area contributed by atoms with E-state index in [1.54, 1.807) is 11.6 Å². The monoisotopic (exact) mass is 300 g/mol. The summed E-state index contributed by atoms with van der Waals surface area (Å²) in [6.45, 7) is 0. The molecule has 0 fully saturated rings. The Morgan fingerprint density at radius 3 is 2.86 bits per heavy atom. The van der Waals surface area contributed by atoms with Crippen LogP contribution in [0.1, 0.15) is 0 Å². The zero-order chi connectivity index (χ0) is 14.8. The van der Waals surface area contributed by atoms with Crippen LogP contribution in [0.3, 0.4) is 0 Å². The highest BCUT2D eigenvalue weighted by molar-refractivity contribution is 7.99. The molecule has 3 aromatic rings. The Morgan fingerprint density at radius 2 is 2.05 bits per heavy atom. The lowest BCUT2D eigenvalue weighted by Gasteiger charge is -2.03. The number of pyridine rings is 1. The average Bonchev–Trinajstić information content (AvgIpc) is 2.85. The van der Waals surface area contributed by atoms with E-state index in [-0.39, 0.29) is 5.75 Å². The molecule has 0 unspecified atom stereocenters. The lowest BCUT2D eigenvalue weighted by molar-refractivity contribution is -0.133. The van der Waals surface area contributed by atoms with Gasteiger partial charge in [0.05, 0.1) is 11.3 Å². The fraction of sp³-hybridized carbons (Fsp3) is 0.143. The van der Waals surface area contributed by atoms with E-state index in [1.165, 1.54) is 0 Å². The van der Waals surface area contributed by atoms with Gasteiger partial charge in [0.1, 0.15) is 5.69 Å². The fourth-order valence-corrected chi connectivity index (χ4v) is 2.61. The number of hydrogen-bond acceptors (Lipinski definition) is 5. The standard InChI is InChI=1S/C14H12N4O2S/c1-18-13(16-17-14(18)21-8-12(19)20)11-7-6-9-4-2-3-5-10(9)15-11/h2-7H,8H2,1H3,(H,19,20). The highest BCUT2D eigenvalue weighted by Crippen LogP contribution is 2.23. The number of nitrogens with zero attached hydrogens (tertiary/aromatic N) is 4. The first-order valence-electron chi connectivity index (χ1n) is 6.25. The zero-order valence-corrected chi connectivity index (χ0v) is 12.0. The summed E-state index contributed by atoms with van der Waals surface area (Å²) in [4.78, 5) is 15.2. The van der Waals surface area contributed by atoms with E-state index in [0.717, 1.165) is 22.7 Å². The van der Waals surface area contributed by atoms with Crippen LogP contribution >= 0.6 is 11.8 Å². The SMILES string of the molecule is Cn1c(SCC(=O)O)nnc1-c1ccc2ccccc2n1. The van der Waals surface area contributed by atoms with Crippen LogP contribution in [0, 0.1) is 0 Å². The molecule has 7 heteroatoms. The summed E-state index contributed by atoms with van der Waals surface area (Å²) in [5, 5.41) is 18.5. The van der Waals surface area contributed by atoms with Crippen molar-refractivity contribution in [2.24, 2.45) is 7.05 Å². The van der Waals surface area contributed by atoms with Crippen LogP contribution in [0.4, 0.5) is 0 Å². The topological polar surface area (TPSA) is 80.9 Å². The van der Waals surface area contributed by atoms with Gasteiger partial charge in [-0.2, -0.15) is 0 Å². The molecule has 0 spiro atoms. The second-order valence-electron chi connectivity index (χ2n) is 4.44. The van der Waals surface area contributed by atoms with Crippen molar-refractivity contribution >= 4 is 28.6 Å². The van der Waals surface area contributed by atoms with Crippen LogP contribution in [-0.2, 0) is 11.8 Å². The molecular formula is C14H12N4O2S. The van der Waals surface area contributed by atoms with Gasteiger partial charge in [-0.3, -0.25) is 4.79 Å². The number of fused-ring (bicyclic) bond motifs is 1. The maximum atomic E-state index is 10.6. The van der Waals surface area contributed by atoms with Gasteiger partial charge in [-0.25, -0.2) is 4.98 Å². The van der Waals surface area contributed by atoms with Crippen LogP contribution < -0.4 is 0 Å². The smallest absolute Gasteiger partial charge is 0.313 e. The van der Waals surface area contributed by atoms with Gasteiger partial charge < -0.3 is 9.67 Å². The lowest BCUT2D eigenvalue weighted by atomic mass is 10.2. The van der Waals surface area contributed by atoms with Crippen molar-refractivity contribution in [1.82, 2.24) is 19.7 Å². The summed E-state index contributed by atoms with van der Waals surface area (Å²) in [6, 6.07) is 11.7. The lowest BCUT2D eigenvalue weighted by Crippen LogP contribution is -2.01. The molecule has 0 aliphatic heterocycles. The summed E-state index contributed by atoms with van der Waals surface area (Å²) in [5.41, 5.74) is 1.60. The molecule has 0 saturated carbocycles. The second kappa shape index (κ2) is 5.53. The van der Waals surface area contributed by atoms with E-state index in [1.807, 2.05) is 36.4 Å². The molecule has 2 heterocycles. The van der Waals surface area contributed by atoms with Crippen molar-refractivity contribution in [2.75, 3.05) is 5.75 Å². The largest absolute Gasteiger partial charge is 0.481 e. The van der Waals surface area contributed by atoms with E-state index >= 15 is 0 Å². The molecular weight excluding hydrogens is 288 g/mol. The summed E-state index contributed by atoms with van der Waals surface area (Å²) < 4.78 is 1.75. The second-order valence-corrected chi connectivity index (χ2v) is 5.38. The molecule has 0 atom stereocenters. The van der Waals surface area contributed by atoms with Crippen molar-refractivity contribution in [1.29, 1.82) is 0 Å². The minimum absolute atomic E-state index is 0.0445. The highest BCUT2D eigenvalue weighted by atomic mass is 32.2. The van der Waals surface area contributed by atoms with Gasteiger partial charge in [-0.15, -0.1) is 10.2 Å². The van der Waals surface area contributed by atoms with Crippen LogP contribution in [0.25, 0.3) is 22.4 Å². The van der Waals surface area contributed by atoms with Gasteiger partial charge in [-0.1, -0.05) is 36.0 Å². The van der Waals surface area contributed by atoms with Crippen LogP contribution in [0.15, 0.2) is 41.6 Å². The first kappa shape index (κ1) is 13.6. The van der Waals surface area contributed by atoms with Gasteiger partial charge in [-0.05, 0) is 12.1 Å². The quantitative estimate of drug-likeness (QED) is 0.744. The first-order chi connectivity index (χ1) is 10.1. The number of para-hydroxylation sites is 1. The molecule has 1 N–H and O–H groups in total. The van der Waals surface area contributed by atoms with Gasteiger partial charge in [0.2, 0.25) is 0 Å². The summed E-state index contributed by atoms with van der Waals surface area (Å²) in [5.74, 6) is -0.307. The molecule has 6 nitrogen and oxygen atoms in total.